The van der Waals surface area contributed by atoms with E-state index in [0.29, 0.717) is 6.04 Å². The number of hydrogen-bond donors (Lipinski definition) is 1. The average molecular weight is 223 g/mol. The summed E-state index contributed by atoms with van der Waals surface area (Å²) in [5.41, 5.74) is 2.43. The molecule has 0 saturated carbocycles. The van der Waals surface area contributed by atoms with Gasteiger partial charge in [-0.15, -0.1) is 0 Å². The summed E-state index contributed by atoms with van der Waals surface area (Å²) in [7, 11) is 4.08. The summed E-state index contributed by atoms with van der Waals surface area (Å²) >= 11 is 0. The van der Waals surface area contributed by atoms with Crippen molar-refractivity contribution in [3.63, 3.8) is 0 Å². The van der Waals surface area contributed by atoms with Crippen LogP contribution in [0.5, 0.6) is 0 Å². The lowest BCUT2D eigenvalue weighted by molar-refractivity contribution is 0.443. The van der Waals surface area contributed by atoms with Crippen LogP contribution < -0.4 is 5.32 Å². The predicted octanol–water partition coefficient (Wildman–Crippen LogP) is 2.30. The Kier molecular flexibility index (Phi) is 5.00. The van der Waals surface area contributed by atoms with Gasteiger partial charge in [0.25, 0.3) is 0 Å². The zero-order valence-corrected chi connectivity index (χ0v) is 11.2. The molecule has 1 heterocycles. The van der Waals surface area contributed by atoms with Gasteiger partial charge in [-0.1, -0.05) is 13.8 Å². The van der Waals surface area contributed by atoms with E-state index in [4.69, 9.17) is 0 Å². The van der Waals surface area contributed by atoms with Gasteiger partial charge in [0.2, 0.25) is 0 Å². The fourth-order valence-corrected chi connectivity index (χ4v) is 1.99. The Bertz CT molecular complexity index is 315. The van der Waals surface area contributed by atoms with Gasteiger partial charge in [0.15, 0.2) is 0 Å². The van der Waals surface area contributed by atoms with Crippen molar-refractivity contribution in [3.8, 4) is 0 Å². The first-order valence-corrected chi connectivity index (χ1v) is 6.19. The van der Waals surface area contributed by atoms with Crippen molar-refractivity contribution in [1.82, 2.24) is 15.1 Å². The molecule has 1 atom stereocenters. The van der Waals surface area contributed by atoms with Crippen LogP contribution in [0.2, 0.25) is 0 Å². The molecule has 16 heavy (non-hydrogen) atoms. The van der Waals surface area contributed by atoms with Gasteiger partial charge in [-0.05, 0) is 38.8 Å². The van der Waals surface area contributed by atoms with Crippen molar-refractivity contribution in [2.75, 3.05) is 7.05 Å². The van der Waals surface area contributed by atoms with Crippen molar-refractivity contribution in [2.24, 2.45) is 13.0 Å². The van der Waals surface area contributed by atoms with Gasteiger partial charge in [0.05, 0.1) is 5.69 Å². The molecule has 1 unspecified atom stereocenters. The van der Waals surface area contributed by atoms with Crippen LogP contribution in [0.25, 0.3) is 0 Å². The van der Waals surface area contributed by atoms with Gasteiger partial charge >= 0.3 is 0 Å². The first-order valence-electron chi connectivity index (χ1n) is 6.19. The maximum Gasteiger partial charge on any atom is 0.0596 e. The molecule has 3 heteroatoms. The largest absolute Gasteiger partial charge is 0.317 e. The first-order chi connectivity index (χ1) is 7.52. The lowest BCUT2D eigenvalue weighted by Gasteiger charge is -2.17. The minimum absolute atomic E-state index is 0.567. The number of nitrogens with one attached hydrogen (secondary N) is 1. The predicted molar refractivity (Wildman–Crippen MR) is 68.6 cm³/mol. The van der Waals surface area contributed by atoms with E-state index in [1.165, 1.54) is 18.5 Å². The normalized spacial score (nSPS) is 13.4. The van der Waals surface area contributed by atoms with Crippen molar-refractivity contribution in [3.05, 3.63) is 17.5 Å². The zero-order chi connectivity index (χ0) is 12.1. The second-order valence-electron chi connectivity index (χ2n) is 5.06. The Labute approximate surface area is 99.2 Å². The molecule has 0 fully saturated rings. The summed E-state index contributed by atoms with van der Waals surface area (Å²) < 4.78 is 2.00. The van der Waals surface area contributed by atoms with E-state index < -0.39 is 0 Å². The molecule has 0 saturated heterocycles. The molecule has 1 N–H and O–H groups in total. The molecule has 0 radical (unpaired) electrons. The van der Waals surface area contributed by atoms with Crippen LogP contribution in [-0.2, 0) is 13.5 Å². The SMILES string of the molecule is CNC(CCC(C)C)Cc1cc(C)nn1C. The highest BCUT2D eigenvalue weighted by atomic mass is 15.3. The fraction of sp³-hybridized carbons (Fsp3) is 0.769. The summed E-state index contributed by atoms with van der Waals surface area (Å²) in [5, 5.41) is 7.78. The summed E-state index contributed by atoms with van der Waals surface area (Å²) in [6, 6.07) is 2.75. The second kappa shape index (κ2) is 6.04. The summed E-state index contributed by atoms with van der Waals surface area (Å²) in [6.07, 6.45) is 3.58. The van der Waals surface area contributed by atoms with E-state index in [1.807, 2.05) is 25.7 Å². The summed E-state index contributed by atoms with van der Waals surface area (Å²) in [6.45, 7) is 6.61. The average Bonchev–Trinajstić information content (AvgIpc) is 2.51. The Morgan fingerprint density at radius 2 is 2.06 bits per heavy atom. The van der Waals surface area contributed by atoms with E-state index in [9.17, 15) is 0 Å². The molecule has 0 aliphatic heterocycles. The smallest absolute Gasteiger partial charge is 0.0596 e. The molecule has 0 aromatic carbocycles. The quantitative estimate of drug-likeness (QED) is 0.802. The van der Waals surface area contributed by atoms with E-state index in [-0.39, 0.29) is 0 Å². The molecule has 0 aliphatic carbocycles. The van der Waals surface area contributed by atoms with E-state index in [0.717, 1.165) is 18.0 Å². The van der Waals surface area contributed by atoms with Crippen LogP contribution in [0, 0.1) is 12.8 Å². The maximum absolute atomic E-state index is 4.38. The van der Waals surface area contributed by atoms with Crippen LogP contribution in [-0.4, -0.2) is 22.9 Å². The standard InChI is InChI=1S/C13H25N3/c1-10(2)6-7-12(14-4)9-13-8-11(3)15-16(13)5/h8,10,12,14H,6-7,9H2,1-5H3. The summed E-state index contributed by atoms with van der Waals surface area (Å²) in [5.74, 6) is 0.782. The summed E-state index contributed by atoms with van der Waals surface area (Å²) in [4.78, 5) is 0. The molecule has 3 nitrogen and oxygen atoms in total. The van der Waals surface area contributed by atoms with Gasteiger partial charge in [-0.3, -0.25) is 4.68 Å². The highest BCUT2D eigenvalue weighted by molar-refractivity contribution is 5.10. The third kappa shape index (κ3) is 3.97. The van der Waals surface area contributed by atoms with Crippen molar-refractivity contribution in [1.29, 1.82) is 0 Å². The lowest BCUT2D eigenvalue weighted by Crippen LogP contribution is -2.28. The van der Waals surface area contributed by atoms with E-state index in [2.05, 4.69) is 30.3 Å². The highest BCUT2D eigenvalue weighted by Crippen LogP contribution is 2.12. The minimum atomic E-state index is 0.567. The van der Waals surface area contributed by atoms with Crippen LogP contribution in [0.3, 0.4) is 0 Å². The maximum atomic E-state index is 4.38. The van der Waals surface area contributed by atoms with Gasteiger partial charge in [-0.25, -0.2) is 0 Å². The van der Waals surface area contributed by atoms with Crippen molar-refractivity contribution in [2.45, 2.75) is 46.1 Å². The molecule has 0 amide bonds. The lowest BCUT2D eigenvalue weighted by atomic mass is 10.00. The number of rotatable bonds is 6. The molecule has 0 bridgehead atoms. The van der Waals surface area contributed by atoms with E-state index >= 15 is 0 Å². The Hall–Kier alpha value is -0.830. The Balaban J connectivity index is 2.52. The van der Waals surface area contributed by atoms with Gasteiger partial charge in [-0.2, -0.15) is 5.10 Å². The molecule has 92 valence electrons. The molecule has 1 aromatic rings. The number of hydrogen-bond acceptors (Lipinski definition) is 2. The van der Waals surface area contributed by atoms with Crippen molar-refractivity contribution >= 4 is 0 Å². The third-order valence-corrected chi connectivity index (χ3v) is 3.06. The van der Waals surface area contributed by atoms with E-state index in [1.54, 1.807) is 0 Å². The first kappa shape index (κ1) is 13.2. The van der Waals surface area contributed by atoms with Crippen LogP contribution in [0.1, 0.15) is 38.1 Å². The molecule has 1 aromatic heterocycles. The van der Waals surface area contributed by atoms with Crippen LogP contribution in [0.15, 0.2) is 6.07 Å². The number of aromatic nitrogens is 2. The highest BCUT2D eigenvalue weighted by Gasteiger charge is 2.11. The van der Waals surface area contributed by atoms with Gasteiger partial charge in [0.1, 0.15) is 0 Å². The second-order valence-corrected chi connectivity index (χ2v) is 5.06. The fourth-order valence-electron chi connectivity index (χ4n) is 1.99. The topological polar surface area (TPSA) is 29.9 Å². The monoisotopic (exact) mass is 223 g/mol. The third-order valence-electron chi connectivity index (χ3n) is 3.06. The van der Waals surface area contributed by atoms with Crippen molar-refractivity contribution < 1.29 is 0 Å². The Morgan fingerprint density at radius 3 is 2.50 bits per heavy atom. The molecular weight excluding hydrogens is 198 g/mol. The van der Waals surface area contributed by atoms with Crippen LogP contribution in [0.4, 0.5) is 0 Å². The van der Waals surface area contributed by atoms with Gasteiger partial charge in [0, 0.05) is 25.2 Å². The number of nitrogens with zero attached hydrogens (tertiary/aromatic N) is 2. The van der Waals surface area contributed by atoms with Crippen LogP contribution >= 0.6 is 0 Å². The number of likely N-dealkylation sites (N-methyl/N-ethyl adjacent to an activating group) is 1. The zero-order valence-electron chi connectivity index (χ0n) is 11.2. The molecule has 0 spiro atoms. The Morgan fingerprint density at radius 1 is 1.38 bits per heavy atom. The minimum Gasteiger partial charge on any atom is -0.317 e. The number of aryl methyl sites for hydroxylation is 2. The molecule has 1 rings (SSSR count). The molecule has 0 aliphatic rings. The molecular formula is C13H25N3. The van der Waals surface area contributed by atoms with Gasteiger partial charge < -0.3 is 5.32 Å².